The van der Waals surface area contributed by atoms with Gasteiger partial charge in [0.2, 0.25) is 0 Å². The molecule has 2 rings (SSSR count). The number of aromatic nitrogens is 1. The van der Waals surface area contributed by atoms with E-state index in [2.05, 4.69) is 62.4 Å². The molecule has 0 aliphatic heterocycles. The van der Waals surface area contributed by atoms with Crippen LogP contribution in [0, 0.1) is 0 Å². The molecule has 0 saturated carbocycles. The van der Waals surface area contributed by atoms with Gasteiger partial charge in [-0.05, 0) is 43.7 Å². The van der Waals surface area contributed by atoms with Gasteiger partial charge >= 0.3 is 0 Å². The van der Waals surface area contributed by atoms with Crippen molar-refractivity contribution in [2.24, 2.45) is 0 Å². The number of aryl methyl sites for hydroxylation is 1. The Morgan fingerprint density at radius 2 is 1.86 bits per heavy atom. The van der Waals surface area contributed by atoms with Crippen LogP contribution in [0.2, 0.25) is 0 Å². The fourth-order valence-corrected chi connectivity index (χ4v) is 3.33. The summed E-state index contributed by atoms with van der Waals surface area (Å²) in [6.45, 7) is 6.37. The maximum atomic E-state index is 4.82. The normalized spacial score (nSPS) is 10.9. The number of anilines is 1. The molecule has 1 aromatic heterocycles. The Balaban J connectivity index is 2.19. The summed E-state index contributed by atoms with van der Waals surface area (Å²) in [6.07, 6.45) is 2.16. The van der Waals surface area contributed by atoms with E-state index < -0.39 is 0 Å². The number of hydrogen-bond donors (Lipinski definition) is 1. The number of benzene rings is 1. The SMILES string of the molecule is CCCNCc1sc(-c2ccc(N(C)C)cc2)nc1CC. The van der Waals surface area contributed by atoms with Gasteiger partial charge in [-0.15, -0.1) is 11.3 Å². The average Bonchev–Trinajstić information content (AvgIpc) is 2.91. The molecule has 2 aromatic rings. The van der Waals surface area contributed by atoms with Crippen LogP contribution in [0.1, 0.15) is 30.8 Å². The van der Waals surface area contributed by atoms with Crippen molar-refractivity contribution in [1.29, 1.82) is 0 Å². The van der Waals surface area contributed by atoms with Crippen LogP contribution in [0.25, 0.3) is 10.6 Å². The fourth-order valence-electron chi connectivity index (χ4n) is 2.20. The molecule has 0 aliphatic carbocycles. The maximum absolute atomic E-state index is 4.82. The van der Waals surface area contributed by atoms with Gasteiger partial charge in [-0.3, -0.25) is 0 Å². The van der Waals surface area contributed by atoms with Crippen LogP contribution in [-0.2, 0) is 13.0 Å². The highest BCUT2D eigenvalue weighted by Gasteiger charge is 2.11. The van der Waals surface area contributed by atoms with E-state index in [1.807, 2.05) is 11.3 Å². The van der Waals surface area contributed by atoms with Crippen LogP contribution in [0.5, 0.6) is 0 Å². The Bertz CT molecular complexity index is 558. The Morgan fingerprint density at radius 3 is 2.43 bits per heavy atom. The van der Waals surface area contributed by atoms with Crippen molar-refractivity contribution in [3.8, 4) is 10.6 Å². The predicted octanol–water partition coefficient (Wildman–Crippen LogP) is 3.94. The minimum Gasteiger partial charge on any atom is -0.378 e. The first kappa shape index (κ1) is 16.0. The van der Waals surface area contributed by atoms with Crippen molar-refractivity contribution in [3.05, 3.63) is 34.8 Å². The summed E-state index contributed by atoms with van der Waals surface area (Å²) in [5.41, 5.74) is 3.66. The standard InChI is InChI=1S/C17H25N3S/c1-5-11-18-12-16-15(6-2)19-17(21-16)13-7-9-14(10-8-13)20(3)4/h7-10,18H,5-6,11-12H2,1-4H3. The summed E-state index contributed by atoms with van der Waals surface area (Å²) in [5, 5.41) is 4.61. The molecule has 21 heavy (non-hydrogen) atoms. The van der Waals surface area contributed by atoms with E-state index in [0.29, 0.717) is 0 Å². The van der Waals surface area contributed by atoms with Crippen molar-refractivity contribution in [3.63, 3.8) is 0 Å². The Morgan fingerprint density at radius 1 is 1.14 bits per heavy atom. The highest BCUT2D eigenvalue weighted by atomic mass is 32.1. The molecule has 0 atom stereocenters. The zero-order chi connectivity index (χ0) is 15.2. The van der Waals surface area contributed by atoms with Crippen LogP contribution in [0.4, 0.5) is 5.69 Å². The smallest absolute Gasteiger partial charge is 0.123 e. The van der Waals surface area contributed by atoms with Crippen molar-refractivity contribution >= 4 is 17.0 Å². The topological polar surface area (TPSA) is 28.2 Å². The van der Waals surface area contributed by atoms with Crippen LogP contribution < -0.4 is 10.2 Å². The van der Waals surface area contributed by atoms with Crippen LogP contribution in [-0.4, -0.2) is 25.6 Å². The van der Waals surface area contributed by atoms with Crippen molar-refractivity contribution in [2.75, 3.05) is 25.5 Å². The monoisotopic (exact) mass is 303 g/mol. The van der Waals surface area contributed by atoms with E-state index in [0.717, 1.165) is 24.5 Å². The minimum atomic E-state index is 0.935. The second-order valence-electron chi connectivity index (χ2n) is 5.36. The second-order valence-corrected chi connectivity index (χ2v) is 6.44. The number of hydrogen-bond acceptors (Lipinski definition) is 4. The van der Waals surface area contributed by atoms with E-state index >= 15 is 0 Å². The first-order valence-electron chi connectivity index (χ1n) is 7.62. The maximum Gasteiger partial charge on any atom is 0.123 e. The van der Waals surface area contributed by atoms with Gasteiger partial charge in [-0.2, -0.15) is 0 Å². The Hall–Kier alpha value is -1.39. The molecule has 1 N–H and O–H groups in total. The summed E-state index contributed by atoms with van der Waals surface area (Å²) >= 11 is 1.81. The first-order chi connectivity index (χ1) is 10.2. The molecule has 1 aromatic carbocycles. The summed E-state index contributed by atoms with van der Waals surface area (Å²) < 4.78 is 0. The molecule has 0 spiro atoms. The molecule has 114 valence electrons. The summed E-state index contributed by atoms with van der Waals surface area (Å²) in [7, 11) is 4.12. The van der Waals surface area contributed by atoms with E-state index in [-0.39, 0.29) is 0 Å². The third-order valence-corrected chi connectivity index (χ3v) is 4.60. The van der Waals surface area contributed by atoms with Crippen LogP contribution in [0.3, 0.4) is 0 Å². The van der Waals surface area contributed by atoms with Crippen molar-refractivity contribution in [2.45, 2.75) is 33.2 Å². The second kappa shape index (κ2) is 7.57. The molecular weight excluding hydrogens is 278 g/mol. The largest absolute Gasteiger partial charge is 0.378 e. The Kier molecular flexibility index (Phi) is 5.76. The number of nitrogens with zero attached hydrogens (tertiary/aromatic N) is 2. The molecule has 0 amide bonds. The number of rotatable bonds is 7. The van der Waals surface area contributed by atoms with Gasteiger partial charge in [0, 0.05) is 36.8 Å². The predicted molar refractivity (Wildman–Crippen MR) is 93.3 cm³/mol. The fraction of sp³-hybridized carbons (Fsp3) is 0.471. The third-order valence-electron chi connectivity index (χ3n) is 3.46. The molecule has 0 aliphatic rings. The van der Waals surface area contributed by atoms with E-state index in [1.54, 1.807) is 0 Å². The molecule has 0 bridgehead atoms. The van der Waals surface area contributed by atoms with Crippen LogP contribution >= 0.6 is 11.3 Å². The van der Waals surface area contributed by atoms with Gasteiger partial charge in [-0.25, -0.2) is 4.98 Å². The highest BCUT2D eigenvalue weighted by Crippen LogP contribution is 2.29. The summed E-state index contributed by atoms with van der Waals surface area (Å²) in [6, 6.07) is 8.63. The molecule has 3 nitrogen and oxygen atoms in total. The van der Waals surface area contributed by atoms with Gasteiger partial charge in [-0.1, -0.05) is 13.8 Å². The van der Waals surface area contributed by atoms with Gasteiger partial charge in [0.1, 0.15) is 5.01 Å². The average molecular weight is 303 g/mol. The van der Waals surface area contributed by atoms with Gasteiger partial charge in [0.25, 0.3) is 0 Å². The highest BCUT2D eigenvalue weighted by molar-refractivity contribution is 7.15. The zero-order valence-corrected chi connectivity index (χ0v) is 14.3. The lowest BCUT2D eigenvalue weighted by atomic mass is 10.2. The molecule has 0 saturated heterocycles. The lowest BCUT2D eigenvalue weighted by Crippen LogP contribution is -2.13. The van der Waals surface area contributed by atoms with E-state index in [1.165, 1.54) is 28.2 Å². The number of thiazole rings is 1. The molecule has 0 unspecified atom stereocenters. The molecule has 0 fully saturated rings. The van der Waals surface area contributed by atoms with Gasteiger partial charge in [0.15, 0.2) is 0 Å². The summed E-state index contributed by atoms with van der Waals surface area (Å²) in [5.74, 6) is 0. The van der Waals surface area contributed by atoms with E-state index in [9.17, 15) is 0 Å². The Labute approximate surface area is 132 Å². The number of nitrogens with one attached hydrogen (secondary N) is 1. The van der Waals surface area contributed by atoms with Crippen molar-refractivity contribution in [1.82, 2.24) is 10.3 Å². The third kappa shape index (κ3) is 4.05. The molecular formula is C17H25N3S. The lowest BCUT2D eigenvalue weighted by Gasteiger charge is -2.11. The zero-order valence-electron chi connectivity index (χ0n) is 13.4. The molecule has 4 heteroatoms. The van der Waals surface area contributed by atoms with Gasteiger partial charge < -0.3 is 10.2 Å². The van der Waals surface area contributed by atoms with Crippen molar-refractivity contribution < 1.29 is 0 Å². The first-order valence-corrected chi connectivity index (χ1v) is 8.44. The molecule has 1 heterocycles. The quantitative estimate of drug-likeness (QED) is 0.785. The van der Waals surface area contributed by atoms with Crippen LogP contribution in [0.15, 0.2) is 24.3 Å². The molecule has 0 radical (unpaired) electrons. The van der Waals surface area contributed by atoms with Gasteiger partial charge in [0.05, 0.1) is 5.69 Å². The lowest BCUT2D eigenvalue weighted by molar-refractivity contribution is 0.677. The minimum absolute atomic E-state index is 0.935. The van der Waals surface area contributed by atoms with E-state index in [4.69, 9.17) is 4.98 Å². The summed E-state index contributed by atoms with van der Waals surface area (Å²) in [4.78, 5) is 8.30.